The minimum atomic E-state index is 0.0263. The van der Waals surface area contributed by atoms with Gasteiger partial charge in [-0.25, -0.2) is 0 Å². The quantitative estimate of drug-likeness (QED) is 0.875. The van der Waals surface area contributed by atoms with Crippen molar-refractivity contribution in [1.29, 1.82) is 0 Å². The summed E-state index contributed by atoms with van der Waals surface area (Å²) in [6.07, 6.45) is 3.34. The number of carbonyl (C=O) groups is 1. The molecule has 0 saturated carbocycles. The summed E-state index contributed by atoms with van der Waals surface area (Å²) in [5.74, 6) is 1.44. The molecular weight excluding hydrogens is 296 g/mol. The molecule has 7 heteroatoms. The Labute approximate surface area is 135 Å². The second kappa shape index (κ2) is 6.95. The molecule has 1 unspecified atom stereocenters. The minimum Gasteiger partial charge on any atom is -0.461 e. The van der Waals surface area contributed by atoms with Crippen molar-refractivity contribution in [3.8, 4) is 11.6 Å². The molecule has 2 aromatic heterocycles. The molecule has 0 aromatic carbocycles. The van der Waals surface area contributed by atoms with E-state index >= 15 is 0 Å². The van der Waals surface area contributed by atoms with E-state index in [1.165, 1.54) is 0 Å². The molecule has 1 saturated heterocycles. The van der Waals surface area contributed by atoms with Gasteiger partial charge < -0.3 is 14.3 Å². The van der Waals surface area contributed by atoms with Crippen LogP contribution >= 0.6 is 0 Å². The SMILES string of the molecule is CC(C)N1CCC(NC(=O)CCc2nc(-c3ccco3)no2)C1. The second-order valence-corrected chi connectivity index (χ2v) is 6.13. The third-order valence-corrected chi connectivity index (χ3v) is 4.09. The van der Waals surface area contributed by atoms with E-state index in [0.29, 0.717) is 36.4 Å². The average Bonchev–Trinajstić information content (AvgIpc) is 3.25. The van der Waals surface area contributed by atoms with E-state index < -0.39 is 0 Å². The number of carbonyl (C=O) groups excluding carboxylic acids is 1. The van der Waals surface area contributed by atoms with Crippen LogP contribution in [0, 0.1) is 0 Å². The number of amides is 1. The number of nitrogens with zero attached hydrogens (tertiary/aromatic N) is 3. The monoisotopic (exact) mass is 318 g/mol. The molecule has 3 heterocycles. The highest BCUT2D eigenvalue weighted by Crippen LogP contribution is 2.16. The van der Waals surface area contributed by atoms with Crippen LogP contribution in [-0.4, -0.2) is 46.1 Å². The molecule has 1 N–H and O–H groups in total. The van der Waals surface area contributed by atoms with Gasteiger partial charge >= 0.3 is 0 Å². The van der Waals surface area contributed by atoms with Crippen LogP contribution in [0.3, 0.4) is 0 Å². The van der Waals surface area contributed by atoms with E-state index in [2.05, 4.69) is 34.2 Å². The zero-order chi connectivity index (χ0) is 16.2. The summed E-state index contributed by atoms with van der Waals surface area (Å²) in [6.45, 7) is 6.32. The van der Waals surface area contributed by atoms with Gasteiger partial charge in [0.1, 0.15) is 0 Å². The van der Waals surface area contributed by atoms with Crippen molar-refractivity contribution in [2.75, 3.05) is 13.1 Å². The number of rotatable bonds is 6. The highest BCUT2D eigenvalue weighted by molar-refractivity contribution is 5.76. The first kappa shape index (κ1) is 15.7. The number of likely N-dealkylation sites (tertiary alicyclic amines) is 1. The van der Waals surface area contributed by atoms with Crippen molar-refractivity contribution in [3.05, 3.63) is 24.3 Å². The summed E-state index contributed by atoms with van der Waals surface area (Å²) in [5, 5.41) is 6.93. The normalized spacial score (nSPS) is 18.7. The molecule has 0 radical (unpaired) electrons. The maximum absolute atomic E-state index is 12.0. The summed E-state index contributed by atoms with van der Waals surface area (Å²) in [5.41, 5.74) is 0. The summed E-state index contributed by atoms with van der Waals surface area (Å²) >= 11 is 0. The molecule has 1 amide bonds. The number of hydrogen-bond acceptors (Lipinski definition) is 6. The molecule has 23 heavy (non-hydrogen) atoms. The Morgan fingerprint density at radius 3 is 3.09 bits per heavy atom. The zero-order valence-electron chi connectivity index (χ0n) is 13.5. The molecular formula is C16H22N4O3. The number of hydrogen-bond donors (Lipinski definition) is 1. The lowest BCUT2D eigenvalue weighted by molar-refractivity contribution is -0.121. The lowest BCUT2D eigenvalue weighted by Crippen LogP contribution is -2.38. The minimum absolute atomic E-state index is 0.0263. The third kappa shape index (κ3) is 3.98. The van der Waals surface area contributed by atoms with E-state index in [-0.39, 0.29) is 11.9 Å². The fraction of sp³-hybridized carbons (Fsp3) is 0.562. The fourth-order valence-electron chi connectivity index (χ4n) is 2.76. The molecule has 124 valence electrons. The highest BCUT2D eigenvalue weighted by atomic mass is 16.5. The Morgan fingerprint density at radius 2 is 2.39 bits per heavy atom. The predicted molar refractivity (Wildman–Crippen MR) is 83.6 cm³/mol. The third-order valence-electron chi connectivity index (χ3n) is 4.09. The van der Waals surface area contributed by atoms with Gasteiger partial charge in [0.05, 0.1) is 6.26 Å². The Balaban J connectivity index is 1.45. The van der Waals surface area contributed by atoms with Crippen LogP contribution in [-0.2, 0) is 11.2 Å². The van der Waals surface area contributed by atoms with E-state index in [1.807, 2.05) is 0 Å². The van der Waals surface area contributed by atoms with Crippen LogP contribution in [0.25, 0.3) is 11.6 Å². The molecule has 1 aliphatic rings. The Morgan fingerprint density at radius 1 is 1.52 bits per heavy atom. The van der Waals surface area contributed by atoms with Gasteiger partial charge in [-0.1, -0.05) is 5.16 Å². The predicted octanol–water partition coefficient (Wildman–Crippen LogP) is 1.86. The summed E-state index contributed by atoms with van der Waals surface area (Å²) in [7, 11) is 0. The van der Waals surface area contributed by atoms with Crippen LogP contribution in [0.5, 0.6) is 0 Å². The zero-order valence-corrected chi connectivity index (χ0v) is 13.5. The number of furan rings is 1. The molecule has 7 nitrogen and oxygen atoms in total. The van der Waals surface area contributed by atoms with E-state index in [4.69, 9.17) is 8.94 Å². The van der Waals surface area contributed by atoms with Crippen LogP contribution in [0.4, 0.5) is 0 Å². The highest BCUT2D eigenvalue weighted by Gasteiger charge is 2.25. The van der Waals surface area contributed by atoms with Crippen LogP contribution in [0.15, 0.2) is 27.3 Å². The van der Waals surface area contributed by atoms with E-state index in [1.54, 1.807) is 18.4 Å². The van der Waals surface area contributed by atoms with E-state index in [9.17, 15) is 4.79 Å². The van der Waals surface area contributed by atoms with Crippen molar-refractivity contribution in [1.82, 2.24) is 20.4 Å². The van der Waals surface area contributed by atoms with Gasteiger partial charge in [-0.15, -0.1) is 0 Å². The van der Waals surface area contributed by atoms with Gasteiger partial charge in [-0.3, -0.25) is 9.69 Å². The molecule has 1 aliphatic heterocycles. The van der Waals surface area contributed by atoms with Gasteiger partial charge in [0.15, 0.2) is 5.76 Å². The maximum atomic E-state index is 12.0. The largest absolute Gasteiger partial charge is 0.461 e. The van der Waals surface area contributed by atoms with Crippen molar-refractivity contribution in [2.24, 2.45) is 0 Å². The van der Waals surface area contributed by atoms with Gasteiger partial charge in [0.25, 0.3) is 0 Å². The molecule has 0 spiro atoms. The van der Waals surface area contributed by atoms with Crippen LogP contribution < -0.4 is 5.32 Å². The first-order valence-corrected chi connectivity index (χ1v) is 8.01. The van der Waals surface area contributed by atoms with Crippen molar-refractivity contribution >= 4 is 5.91 Å². The number of aromatic nitrogens is 2. The van der Waals surface area contributed by atoms with Crippen LogP contribution in [0.2, 0.25) is 0 Å². The fourth-order valence-corrected chi connectivity index (χ4v) is 2.76. The average molecular weight is 318 g/mol. The standard InChI is InChI=1S/C16H22N4O3/c1-11(2)20-8-7-12(10-20)17-14(21)5-6-15-18-16(19-23-15)13-4-3-9-22-13/h3-4,9,11-12H,5-8,10H2,1-2H3,(H,17,21). The molecule has 3 rings (SSSR count). The topological polar surface area (TPSA) is 84.4 Å². The Kier molecular flexibility index (Phi) is 4.76. The first-order valence-electron chi connectivity index (χ1n) is 8.01. The van der Waals surface area contributed by atoms with Gasteiger partial charge in [0.2, 0.25) is 17.6 Å². The van der Waals surface area contributed by atoms with Crippen molar-refractivity contribution in [3.63, 3.8) is 0 Å². The second-order valence-electron chi connectivity index (χ2n) is 6.13. The van der Waals surface area contributed by atoms with Gasteiger partial charge in [0, 0.05) is 38.0 Å². The van der Waals surface area contributed by atoms with Crippen LogP contribution in [0.1, 0.15) is 32.6 Å². The van der Waals surface area contributed by atoms with Gasteiger partial charge in [-0.2, -0.15) is 4.98 Å². The Hall–Kier alpha value is -2.15. The Bertz CT molecular complexity index is 636. The summed E-state index contributed by atoms with van der Waals surface area (Å²) in [4.78, 5) is 18.7. The first-order chi connectivity index (χ1) is 11.1. The number of aryl methyl sites for hydroxylation is 1. The maximum Gasteiger partial charge on any atom is 0.238 e. The van der Waals surface area contributed by atoms with Gasteiger partial charge in [-0.05, 0) is 32.4 Å². The lowest BCUT2D eigenvalue weighted by Gasteiger charge is -2.20. The van der Waals surface area contributed by atoms with Crippen molar-refractivity contribution in [2.45, 2.75) is 45.2 Å². The van der Waals surface area contributed by atoms with Crippen molar-refractivity contribution < 1.29 is 13.7 Å². The molecule has 2 aromatic rings. The molecule has 0 bridgehead atoms. The molecule has 1 fully saturated rings. The molecule has 1 atom stereocenters. The lowest BCUT2D eigenvalue weighted by atomic mass is 10.2. The summed E-state index contributed by atoms with van der Waals surface area (Å²) < 4.78 is 10.4. The molecule has 0 aliphatic carbocycles. The smallest absolute Gasteiger partial charge is 0.238 e. The number of nitrogens with one attached hydrogen (secondary N) is 1. The van der Waals surface area contributed by atoms with E-state index in [0.717, 1.165) is 19.5 Å². The summed E-state index contributed by atoms with van der Waals surface area (Å²) in [6, 6.07) is 4.30.